The summed E-state index contributed by atoms with van der Waals surface area (Å²) in [6.07, 6.45) is 5.22. The highest BCUT2D eigenvalue weighted by Crippen LogP contribution is 2.42. The lowest BCUT2D eigenvalue weighted by Crippen LogP contribution is -2.48. The van der Waals surface area contributed by atoms with Crippen LogP contribution in [-0.4, -0.2) is 25.6 Å². The van der Waals surface area contributed by atoms with E-state index in [1.54, 1.807) is 32.0 Å². The summed E-state index contributed by atoms with van der Waals surface area (Å²) in [6.45, 7) is 3.37. The number of nitrogens with two attached hydrogens (primary N) is 1. The van der Waals surface area contributed by atoms with Crippen LogP contribution in [0.5, 0.6) is 0 Å². The number of fused-ring (bicyclic) bond motifs is 2. The van der Waals surface area contributed by atoms with Crippen molar-refractivity contribution < 1.29 is 13.2 Å². The number of hydrogen-bond donors (Lipinski definition) is 2. The summed E-state index contributed by atoms with van der Waals surface area (Å²) >= 11 is 0. The van der Waals surface area contributed by atoms with Gasteiger partial charge in [-0.1, -0.05) is 18.6 Å². The van der Waals surface area contributed by atoms with E-state index in [2.05, 4.69) is 5.32 Å². The third kappa shape index (κ3) is 4.29. The molecule has 0 spiro atoms. The molecular formula is C20H30N2O3S. The van der Waals surface area contributed by atoms with Crippen LogP contribution in [0, 0.1) is 17.8 Å². The Morgan fingerprint density at radius 2 is 1.88 bits per heavy atom. The van der Waals surface area contributed by atoms with E-state index in [0.29, 0.717) is 23.1 Å². The summed E-state index contributed by atoms with van der Waals surface area (Å²) in [7, 11) is -3.16. The predicted molar refractivity (Wildman–Crippen MR) is 104 cm³/mol. The van der Waals surface area contributed by atoms with Crippen LogP contribution in [-0.2, 0) is 20.4 Å². The third-order valence-corrected chi connectivity index (χ3v) is 8.24. The largest absolute Gasteiger partial charge is 0.327 e. The van der Waals surface area contributed by atoms with Crippen LogP contribution in [0.1, 0.15) is 51.5 Å². The average Bonchev–Trinajstić information content (AvgIpc) is 2.54. The van der Waals surface area contributed by atoms with Crippen LogP contribution in [0.4, 0.5) is 5.69 Å². The molecule has 3 rings (SSSR count). The minimum Gasteiger partial charge on any atom is -0.327 e. The molecule has 0 radical (unpaired) electrons. The molecule has 1 amide bonds. The van der Waals surface area contributed by atoms with Crippen molar-refractivity contribution in [3.05, 3.63) is 29.8 Å². The minimum absolute atomic E-state index is 0.00317. The SMILES string of the molecule is CC(C)S(=O)(=O)Cc1cccc(NC(=O)C2CC3CCCC(C2)C3N)c1. The molecule has 5 nitrogen and oxygen atoms in total. The van der Waals surface area contributed by atoms with Crippen molar-refractivity contribution in [2.24, 2.45) is 23.5 Å². The summed E-state index contributed by atoms with van der Waals surface area (Å²) in [5, 5.41) is 2.59. The smallest absolute Gasteiger partial charge is 0.227 e. The van der Waals surface area contributed by atoms with Crippen molar-refractivity contribution in [2.75, 3.05) is 5.32 Å². The highest BCUT2D eigenvalue weighted by Gasteiger charge is 2.40. The first-order valence-electron chi connectivity index (χ1n) is 9.63. The van der Waals surface area contributed by atoms with E-state index >= 15 is 0 Å². The molecule has 2 atom stereocenters. The van der Waals surface area contributed by atoms with Crippen LogP contribution >= 0.6 is 0 Å². The van der Waals surface area contributed by atoms with Gasteiger partial charge in [-0.3, -0.25) is 4.79 Å². The summed E-state index contributed by atoms with van der Waals surface area (Å²) < 4.78 is 24.2. The van der Waals surface area contributed by atoms with E-state index in [9.17, 15) is 13.2 Å². The Labute approximate surface area is 156 Å². The zero-order valence-corrected chi connectivity index (χ0v) is 16.5. The number of carbonyl (C=O) groups excluding carboxylic acids is 1. The number of benzene rings is 1. The maximum Gasteiger partial charge on any atom is 0.227 e. The van der Waals surface area contributed by atoms with Crippen molar-refractivity contribution in [3.63, 3.8) is 0 Å². The monoisotopic (exact) mass is 378 g/mol. The molecule has 1 aromatic rings. The fourth-order valence-electron chi connectivity index (χ4n) is 4.39. The Morgan fingerprint density at radius 1 is 1.23 bits per heavy atom. The molecule has 0 heterocycles. The number of carbonyl (C=O) groups is 1. The van der Waals surface area contributed by atoms with Gasteiger partial charge >= 0.3 is 0 Å². The van der Waals surface area contributed by atoms with E-state index in [1.807, 2.05) is 6.07 Å². The lowest BCUT2D eigenvalue weighted by atomic mass is 9.65. The Kier molecular flexibility index (Phi) is 5.72. The van der Waals surface area contributed by atoms with Gasteiger partial charge in [-0.25, -0.2) is 8.42 Å². The maximum atomic E-state index is 12.7. The van der Waals surface area contributed by atoms with E-state index < -0.39 is 15.1 Å². The quantitative estimate of drug-likeness (QED) is 0.824. The van der Waals surface area contributed by atoms with Crippen molar-refractivity contribution >= 4 is 21.4 Å². The fourth-order valence-corrected chi connectivity index (χ4v) is 5.36. The Balaban J connectivity index is 1.66. The van der Waals surface area contributed by atoms with Crippen LogP contribution in [0.25, 0.3) is 0 Å². The zero-order valence-electron chi connectivity index (χ0n) is 15.6. The molecule has 1 aromatic carbocycles. The number of rotatable bonds is 5. The summed E-state index contributed by atoms with van der Waals surface area (Å²) in [4.78, 5) is 12.7. The van der Waals surface area contributed by atoms with E-state index in [-0.39, 0.29) is 23.6 Å². The normalized spacial score (nSPS) is 28.8. The average molecular weight is 379 g/mol. The first-order valence-corrected chi connectivity index (χ1v) is 11.3. The molecule has 2 unspecified atom stereocenters. The van der Waals surface area contributed by atoms with Gasteiger partial charge in [0, 0.05) is 17.6 Å². The minimum atomic E-state index is -3.16. The van der Waals surface area contributed by atoms with Crippen LogP contribution in [0.15, 0.2) is 24.3 Å². The molecule has 2 aliphatic carbocycles. The van der Waals surface area contributed by atoms with Gasteiger partial charge < -0.3 is 11.1 Å². The van der Waals surface area contributed by atoms with Gasteiger partial charge in [-0.2, -0.15) is 0 Å². The molecule has 3 N–H and O–H groups in total. The van der Waals surface area contributed by atoms with Gasteiger partial charge in [0.05, 0.1) is 11.0 Å². The molecule has 144 valence electrons. The number of sulfone groups is 1. The second kappa shape index (κ2) is 7.69. The topological polar surface area (TPSA) is 89.3 Å². The lowest BCUT2D eigenvalue weighted by Gasteiger charge is -2.43. The van der Waals surface area contributed by atoms with Crippen LogP contribution in [0.2, 0.25) is 0 Å². The van der Waals surface area contributed by atoms with Gasteiger partial charge in [0.2, 0.25) is 5.91 Å². The lowest BCUT2D eigenvalue weighted by molar-refractivity contribution is -0.122. The van der Waals surface area contributed by atoms with E-state index in [1.165, 1.54) is 6.42 Å². The molecule has 2 fully saturated rings. The van der Waals surface area contributed by atoms with E-state index in [4.69, 9.17) is 5.73 Å². The summed E-state index contributed by atoms with van der Waals surface area (Å²) in [5.74, 6) is 0.962. The molecule has 6 heteroatoms. The van der Waals surface area contributed by atoms with Gasteiger partial charge in [0.1, 0.15) is 0 Å². The van der Waals surface area contributed by atoms with Crippen molar-refractivity contribution in [1.29, 1.82) is 0 Å². The Bertz CT molecular complexity index is 746. The Morgan fingerprint density at radius 3 is 2.50 bits per heavy atom. The van der Waals surface area contributed by atoms with Gasteiger partial charge in [-0.15, -0.1) is 0 Å². The highest BCUT2D eigenvalue weighted by molar-refractivity contribution is 7.91. The zero-order chi connectivity index (χ0) is 18.9. The predicted octanol–water partition coefficient (Wildman–Crippen LogP) is 3.10. The van der Waals surface area contributed by atoms with Crippen molar-refractivity contribution in [3.8, 4) is 0 Å². The second-order valence-corrected chi connectivity index (χ2v) is 10.8. The van der Waals surface area contributed by atoms with Crippen molar-refractivity contribution in [2.45, 2.75) is 63.0 Å². The van der Waals surface area contributed by atoms with Gasteiger partial charge in [0.15, 0.2) is 9.84 Å². The molecule has 0 aromatic heterocycles. The molecule has 2 aliphatic rings. The molecule has 0 saturated heterocycles. The molecule has 2 bridgehead atoms. The number of anilines is 1. The molecule has 2 saturated carbocycles. The standard InChI is InChI=1S/C20H30N2O3S/c1-13(2)26(24,25)12-14-5-3-8-18(9-14)22-20(23)17-10-15-6-4-7-16(11-17)19(15)21/h3,5,8-9,13,15-17,19H,4,6-7,10-12,21H2,1-2H3,(H,22,23). The van der Waals surface area contributed by atoms with Gasteiger partial charge in [0.25, 0.3) is 0 Å². The number of nitrogens with one attached hydrogen (secondary N) is 1. The maximum absolute atomic E-state index is 12.7. The first-order chi connectivity index (χ1) is 12.3. The second-order valence-electron chi connectivity index (χ2n) is 8.24. The summed E-state index contributed by atoms with van der Waals surface area (Å²) in [6, 6.07) is 7.43. The molecule has 0 aliphatic heterocycles. The highest BCUT2D eigenvalue weighted by atomic mass is 32.2. The molecular weight excluding hydrogens is 348 g/mol. The third-order valence-electron chi connectivity index (χ3n) is 6.06. The molecule has 26 heavy (non-hydrogen) atoms. The van der Waals surface area contributed by atoms with E-state index in [0.717, 1.165) is 25.7 Å². The van der Waals surface area contributed by atoms with Crippen LogP contribution in [0.3, 0.4) is 0 Å². The number of amides is 1. The Hall–Kier alpha value is -1.40. The van der Waals surface area contributed by atoms with Gasteiger partial charge in [-0.05, 0) is 69.1 Å². The first kappa shape index (κ1) is 19.4. The fraction of sp³-hybridized carbons (Fsp3) is 0.650. The summed E-state index contributed by atoms with van der Waals surface area (Å²) in [5.41, 5.74) is 7.69. The number of hydrogen-bond acceptors (Lipinski definition) is 4. The van der Waals surface area contributed by atoms with Crippen LogP contribution < -0.4 is 11.1 Å². The van der Waals surface area contributed by atoms with Crippen molar-refractivity contribution in [1.82, 2.24) is 0 Å².